The Morgan fingerprint density at radius 2 is 1.94 bits per heavy atom. The van der Waals surface area contributed by atoms with Gasteiger partial charge in [0.1, 0.15) is 16.4 Å². The van der Waals surface area contributed by atoms with Crippen LogP contribution in [0, 0.1) is 24.5 Å². The van der Waals surface area contributed by atoms with Crippen molar-refractivity contribution in [3.8, 4) is 0 Å². The van der Waals surface area contributed by atoms with Crippen molar-refractivity contribution in [1.29, 1.82) is 0 Å². The molecule has 0 bridgehead atoms. The summed E-state index contributed by atoms with van der Waals surface area (Å²) in [5.74, 6) is -3.23. The van der Waals surface area contributed by atoms with Crippen LogP contribution in [0.1, 0.15) is 36.8 Å². The average Bonchev–Trinajstić information content (AvgIpc) is 3.29. The molecule has 4 N–H and O–H groups in total. The number of anilines is 1. The van der Waals surface area contributed by atoms with E-state index >= 15 is 4.39 Å². The number of halogens is 2. The zero-order valence-corrected chi connectivity index (χ0v) is 21.6. The molecule has 1 saturated heterocycles. The number of likely N-dealkylation sites (tertiary alicyclic amines) is 1. The van der Waals surface area contributed by atoms with Crippen LogP contribution in [0.4, 0.5) is 14.5 Å². The highest BCUT2D eigenvalue weighted by molar-refractivity contribution is 7.89. The number of hydrogen-bond donors (Lipinski definition) is 4. The van der Waals surface area contributed by atoms with Crippen molar-refractivity contribution in [1.82, 2.24) is 14.2 Å². The number of aliphatic hydroxyl groups excluding tert-OH is 2. The van der Waals surface area contributed by atoms with E-state index in [1.165, 1.54) is 31.0 Å². The Labute approximate surface area is 208 Å². The molecule has 200 valence electrons. The second-order valence-corrected chi connectivity index (χ2v) is 11.5. The van der Waals surface area contributed by atoms with Gasteiger partial charge in [0.15, 0.2) is 5.82 Å². The van der Waals surface area contributed by atoms with Gasteiger partial charge in [0.2, 0.25) is 16.4 Å². The van der Waals surface area contributed by atoms with E-state index in [1.54, 1.807) is 20.8 Å². The summed E-state index contributed by atoms with van der Waals surface area (Å²) >= 11 is 0. The first-order valence-corrected chi connectivity index (χ1v) is 12.8. The molecule has 0 radical (unpaired) electrons. The van der Waals surface area contributed by atoms with Gasteiger partial charge in [-0.05, 0) is 51.5 Å². The molecule has 3 atom stereocenters. The lowest BCUT2D eigenvalue weighted by atomic mass is 10.1. The molecular formula is C23H32F2N4O6S. The highest BCUT2D eigenvalue weighted by Crippen LogP contribution is 2.26. The second-order valence-electron chi connectivity index (χ2n) is 9.87. The summed E-state index contributed by atoms with van der Waals surface area (Å²) in [7, 11) is -3.14. The molecule has 2 aromatic rings. The van der Waals surface area contributed by atoms with Crippen LogP contribution >= 0.6 is 0 Å². The number of sulfonamides is 1. The molecule has 36 heavy (non-hydrogen) atoms. The third-order valence-corrected chi connectivity index (χ3v) is 7.27. The van der Waals surface area contributed by atoms with Gasteiger partial charge in [-0.3, -0.25) is 9.69 Å². The van der Waals surface area contributed by atoms with Crippen molar-refractivity contribution in [2.24, 2.45) is 13.0 Å². The lowest BCUT2D eigenvalue weighted by molar-refractivity contribution is -0.234. The lowest BCUT2D eigenvalue weighted by Gasteiger charge is -2.29. The van der Waals surface area contributed by atoms with Gasteiger partial charge >= 0.3 is 0 Å². The molecule has 1 fully saturated rings. The fourth-order valence-electron chi connectivity index (χ4n) is 3.99. The normalized spacial score (nSPS) is 20.0. The fourth-order valence-corrected chi connectivity index (χ4v) is 5.41. The van der Waals surface area contributed by atoms with Crippen LogP contribution in [0.3, 0.4) is 0 Å². The first-order chi connectivity index (χ1) is 16.6. The van der Waals surface area contributed by atoms with Gasteiger partial charge < -0.3 is 24.8 Å². The van der Waals surface area contributed by atoms with Crippen LogP contribution in [-0.4, -0.2) is 71.8 Å². The van der Waals surface area contributed by atoms with Gasteiger partial charge in [0.05, 0.1) is 5.60 Å². The highest BCUT2D eigenvalue weighted by atomic mass is 32.2. The summed E-state index contributed by atoms with van der Waals surface area (Å²) in [6, 6.07) is 2.97. The summed E-state index contributed by atoms with van der Waals surface area (Å²) in [5.41, 5.74) is -0.703. The zero-order valence-electron chi connectivity index (χ0n) is 20.7. The van der Waals surface area contributed by atoms with Gasteiger partial charge in [0.25, 0.3) is 5.91 Å². The number of ether oxygens (including phenoxy) is 1. The van der Waals surface area contributed by atoms with Crippen LogP contribution in [0.15, 0.2) is 29.3 Å². The Kier molecular flexibility index (Phi) is 8.23. The molecule has 3 unspecified atom stereocenters. The minimum atomic E-state index is -4.46. The van der Waals surface area contributed by atoms with Crippen molar-refractivity contribution in [2.75, 3.05) is 25.0 Å². The third kappa shape index (κ3) is 6.28. The summed E-state index contributed by atoms with van der Waals surface area (Å²) in [5, 5.41) is 22.5. The zero-order chi connectivity index (χ0) is 27.0. The average molecular weight is 531 g/mol. The monoisotopic (exact) mass is 530 g/mol. The molecule has 1 aliphatic heterocycles. The number of hydrogen-bond acceptors (Lipinski definition) is 7. The van der Waals surface area contributed by atoms with Crippen molar-refractivity contribution in [3.63, 3.8) is 0 Å². The summed E-state index contributed by atoms with van der Waals surface area (Å²) in [4.78, 5) is 13.4. The minimum Gasteiger partial charge on any atom is -0.396 e. The van der Waals surface area contributed by atoms with Crippen LogP contribution < -0.4 is 10.0 Å². The number of amides is 1. The van der Waals surface area contributed by atoms with Crippen molar-refractivity contribution < 1.29 is 36.9 Å². The lowest BCUT2D eigenvalue weighted by Crippen LogP contribution is -2.44. The topological polar surface area (TPSA) is 133 Å². The van der Waals surface area contributed by atoms with Gasteiger partial charge in [-0.15, -0.1) is 0 Å². The van der Waals surface area contributed by atoms with E-state index in [0.29, 0.717) is 0 Å². The van der Waals surface area contributed by atoms with Crippen LogP contribution in [0.5, 0.6) is 0 Å². The second kappa shape index (κ2) is 10.5. The van der Waals surface area contributed by atoms with Crippen LogP contribution in [-0.2, 0) is 21.8 Å². The maximum absolute atomic E-state index is 15.2. The minimum absolute atomic E-state index is 0.00736. The maximum Gasteiger partial charge on any atom is 0.275 e. The fraction of sp³-hybridized carbons (Fsp3) is 0.522. The van der Waals surface area contributed by atoms with Crippen molar-refractivity contribution in [3.05, 3.63) is 47.3 Å². The van der Waals surface area contributed by atoms with E-state index in [9.17, 15) is 27.8 Å². The standard InChI is InChI=1S/C23H32F2N4O6S/c1-13-8-15(6-7-16(13)24)26-21(31)20-19(25)18(11-28(20)5)36(33,34)27-17-10-29(9-14(17)12-30)22(32)35-23(2,3)4/h6-8,11,14,17,22,27,30,32H,9-10,12H2,1-5H3,(H,26,31). The van der Waals surface area contributed by atoms with Gasteiger partial charge in [-0.2, -0.15) is 0 Å². The largest absolute Gasteiger partial charge is 0.396 e. The number of rotatable bonds is 8. The number of benzene rings is 1. The van der Waals surface area contributed by atoms with Gasteiger partial charge in [-0.25, -0.2) is 21.9 Å². The Morgan fingerprint density at radius 1 is 1.28 bits per heavy atom. The summed E-state index contributed by atoms with van der Waals surface area (Å²) in [6.45, 7) is 6.52. The summed E-state index contributed by atoms with van der Waals surface area (Å²) in [6.07, 6.45) is -0.354. The highest BCUT2D eigenvalue weighted by Gasteiger charge is 2.40. The smallest absolute Gasteiger partial charge is 0.275 e. The Balaban J connectivity index is 1.79. The third-order valence-electron chi connectivity index (χ3n) is 5.79. The van der Waals surface area contributed by atoms with E-state index in [2.05, 4.69) is 10.0 Å². The maximum atomic E-state index is 15.2. The van der Waals surface area contributed by atoms with E-state index in [1.807, 2.05) is 0 Å². The molecular weight excluding hydrogens is 498 g/mol. The molecule has 10 nitrogen and oxygen atoms in total. The molecule has 1 aliphatic rings. The van der Waals surface area contributed by atoms with E-state index in [0.717, 1.165) is 16.8 Å². The Bertz CT molecular complexity index is 1230. The van der Waals surface area contributed by atoms with Crippen LogP contribution in [0.2, 0.25) is 0 Å². The molecule has 0 aliphatic carbocycles. The van der Waals surface area contributed by atoms with E-state index < -0.39 is 62.1 Å². The molecule has 0 saturated carbocycles. The molecule has 2 heterocycles. The molecule has 1 amide bonds. The van der Waals surface area contributed by atoms with Gasteiger partial charge in [0, 0.05) is 50.6 Å². The molecule has 13 heteroatoms. The Morgan fingerprint density at radius 3 is 2.53 bits per heavy atom. The van der Waals surface area contributed by atoms with Gasteiger partial charge in [-0.1, -0.05) is 0 Å². The number of carbonyl (C=O) groups is 1. The van der Waals surface area contributed by atoms with Crippen molar-refractivity contribution >= 4 is 21.6 Å². The van der Waals surface area contributed by atoms with E-state index in [-0.39, 0.29) is 30.9 Å². The number of aromatic nitrogens is 1. The number of aliphatic hydroxyl groups is 2. The molecule has 1 aromatic carbocycles. The molecule has 0 spiro atoms. The number of carbonyl (C=O) groups excluding carboxylic acids is 1. The Hall–Kier alpha value is -2.42. The number of nitrogens with zero attached hydrogens (tertiary/aromatic N) is 2. The number of nitrogens with one attached hydrogen (secondary N) is 2. The van der Waals surface area contributed by atoms with E-state index in [4.69, 9.17) is 4.74 Å². The molecule has 3 rings (SSSR count). The predicted octanol–water partition coefficient (Wildman–Crippen LogP) is 1.53. The van der Waals surface area contributed by atoms with Crippen molar-refractivity contribution in [2.45, 2.75) is 50.6 Å². The quantitative estimate of drug-likeness (QED) is 0.381. The first-order valence-electron chi connectivity index (χ1n) is 11.3. The first kappa shape index (κ1) is 28.2. The summed E-state index contributed by atoms with van der Waals surface area (Å²) < 4.78 is 63.8. The predicted molar refractivity (Wildman–Crippen MR) is 128 cm³/mol. The SMILES string of the molecule is Cc1cc(NC(=O)c2c(F)c(S(=O)(=O)NC3CN(C(O)OC(C)(C)C)CC3CO)cn2C)ccc1F. The van der Waals surface area contributed by atoms with Crippen LogP contribution in [0.25, 0.3) is 0 Å². The molecule has 1 aromatic heterocycles. The number of aryl methyl sites for hydroxylation is 2.